The van der Waals surface area contributed by atoms with E-state index in [1.807, 2.05) is 25.3 Å². The predicted molar refractivity (Wildman–Crippen MR) is 134 cm³/mol. The third kappa shape index (κ3) is 6.83. The Morgan fingerprint density at radius 2 is 1.83 bits per heavy atom. The Labute approximate surface area is 205 Å². The number of aliphatic imine (C=N–C) groups is 1. The Bertz CT molecular complexity index is 1110. The normalized spacial score (nSPS) is 18.7. The lowest BCUT2D eigenvalue weighted by Crippen LogP contribution is -2.28. The van der Waals surface area contributed by atoms with E-state index in [-0.39, 0.29) is 5.92 Å². The highest BCUT2D eigenvalue weighted by atomic mass is 19.4. The molecule has 0 bridgehead atoms. The van der Waals surface area contributed by atoms with Crippen molar-refractivity contribution in [1.82, 2.24) is 0 Å². The lowest BCUT2D eigenvalue weighted by Gasteiger charge is -2.27. The molecule has 1 N–H and O–H groups in total. The number of alkyl halides is 3. The number of nitrogens with zero attached hydrogens (tertiary/aromatic N) is 1. The van der Waals surface area contributed by atoms with Gasteiger partial charge in [0.15, 0.2) is 0 Å². The standard InChI is InChI=1S/C24H27NO2.C5H7F3/c1-15-8-11-23(25-14-15)22(21-7-5-6-16(2)18(21)4)13-19-9-10-20(24(26)27)17(3)12-19;6-5(7,8)4-2-1-3-4/h5-7,9-12,14-15,22H,8,13H2,1-4H3,(H,26,27);4H,1-3H2. The summed E-state index contributed by atoms with van der Waals surface area (Å²) in [4.78, 5) is 16.1. The topological polar surface area (TPSA) is 49.7 Å². The zero-order valence-electron chi connectivity index (χ0n) is 20.8. The predicted octanol–water partition coefficient (Wildman–Crippen LogP) is 7.98. The van der Waals surface area contributed by atoms with Crippen LogP contribution in [0.4, 0.5) is 13.2 Å². The van der Waals surface area contributed by atoms with Crippen molar-refractivity contribution in [2.75, 3.05) is 0 Å². The average molecular weight is 486 g/mol. The molecule has 0 radical (unpaired) electrons. The fraction of sp³-hybridized carbons (Fsp3) is 0.448. The number of carbonyl (C=O) groups is 1. The van der Waals surface area contributed by atoms with Gasteiger partial charge >= 0.3 is 12.1 Å². The minimum absolute atomic E-state index is 0.170. The summed E-state index contributed by atoms with van der Waals surface area (Å²) in [7, 11) is 0. The second-order valence-corrected chi connectivity index (χ2v) is 9.79. The van der Waals surface area contributed by atoms with Crippen LogP contribution < -0.4 is 0 Å². The molecule has 188 valence electrons. The van der Waals surface area contributed by atoms with E-state index in [0.717, 1.165) is 36.1 Å². The zero-order valence-corrected chi connectivity index (χ0v) is 20.8. The molecule has 1 saturated carbocycles. The first kappa shape index (κ1) is 26.7. The van der Waals surface area contributed by atoms with E-state index in [4.69, 9.17) is 4.99 Å². The second-order valence-electron chi connectivity index (χ2n) is 9.79. The van der Waals surface area contributed by atoms with Crippen LogP contribution in [0.15, 0.2) is 53.2 Å². The first-order chi connectivity index (χ1) is 16.5. The highest BCUT2D eigenvalue weighted by Crippen LogP contribution is 2.40. The van der Waals surface area contributed by atoms with Crippen LogP contribution in [0.25, 0.3) is 0 Å². The van der Waals surface area contributed by atoms with Crippen LogP contribution in [0.3, 0.4) is 0 Å². The van der Waals surface area contributed by atoms with Crippen molar-refractivity contribution in [3.8, 4) is 0 Å². The van der Waals surface area contributed by atoms with Gasteiger partial charge in [-0.25, -0.2) is 4.79 Å². The number of rotatable bonds is 5. The molecule has 0 amide bonds. The van der Waals surface area contributed by atoms with Gasteiger partial charge in [-0.2, -0.15) is 13.2 Å². The van der Waals surface area contributed by atoms with Crippen molar-refractivity contribution in [3.63, 3.8) is 0 Å². The molecule has 2 atom stereocenters. The van der Waals surface area contributed by atoms with E-state index < -0.39 is 18.1 Å². The molecule has 3 nitrogen and oxygen atoms in total. The molecule has 1 aliphatic heterocycles. The minimum atomic E-state index is -3.90. The monoisotopic (exact) mass is 485 g/mol. The van der Waals surface area contributed by atoms with Crippen LogP contribution in [0, 0.1) is 32.6 Å². The zero-order chi connectivity index (χ0) is 25.8. The lowest BCUT2D eigenvalue weighted by molar-refractivity contribution is -0.193. The Balaban J connectivity index is 0.000000363. The van der Waals surface area contributed by atoms with E-state index in [9.17, 15) is 23.1 Å². The smallest absolute Gasteiger partial charge is 0.391 e. The maximum Gasteiger partial charge on any atom is 0.391 e. The Kier molecular flexibility index (Phi) is 8.57. The van der Waals surface area contributed by atoms with Crippen molar-refractivity contribution in [2.45, 2.75) is 71.9 Å². The highest BCUT2D eigenvalue weighted by Gasteiger charge is 2.42. The van der Waals surface area contributed by atoms with E-state index in [1.54, 1.807) is 6.07 Å². The molecule has 0 spiro atoms. The van der Waals surface area contributed by atoms with E-state index in [1.165, 1.54) is 16.7 Å². The summed E-state index contributed by atoms with van der Waals surface area (Å²) in [6, 6.07) is 12.1. The molecule has 1 aliphatic carbocycles. The molecular weight excluding hydrogens is 451 g/mol. The molecule has 35 heavy (non-hydrogen) atoms. The molecule has 1 fully saturated rings. The van der Waals surface area contributed by atoms with Gasteiger partial charge in [0.1, 0.15) is 0 Å². The largest absolute Gasteiger partial charge is 0.478 e. The molecule has 4 rings (SSSR count). The molecule has 2 aromatic carbocycles. The van der Waals surface area contributed by atoms with Gasteiger partial charge in [0.05, 0.1) is 11.5 Å². The fourth-order valence-electron chi connectivity index (χ4n) is 4.45. The van der Waals surface area contributed by atoms with Crippen molar-refractivity contribution >= 4 is 12.2 Å². The summed E-state index contributed by atoms with van der Waals surface area (Å²) in [6.07, 6.45) is 3.68. The van der Waals surface area contributed by atoms with Crippen molar-refractivity contribution in [1.29, 1.82) is 0 Å². The van der Waals surface area contributed by atoms with Crippen molar-refractivity contribution in [2.24, 2.45) is 16.8 Å². The Hall–Kier alpha value is -2.89. The lowest BCUT2D eigenvalue weighted by atomic mass is 9.83. The third-order valence-corrected chi connectivity index (χ3v) is 7.08. The van der Waals surface area contributed by atoms with Gasteiger partial charge in [-0.15, -0.1) is 0 Å². The number of halogens is 3. The second kappa shape index (κ2) is 11.2. The third-order valence-electron chi connectivity index (χ3n) is 7.08. The van der Waals surface area contributed by atoms with Crippen LogP contribution >= 0.6 is 0 Å². The number of carboxylic acids is 1. The number of benzene rings is 2. The van der Waals surface area contributed by atoms with Crippen molar-refractivity contribution in [3.05, 3.63) is 81.6 Å². The van der Waals surface area contributed by atoms with Crippen LogP contribution in [0.2, 0.25) is 0 Å². The molecule has 0 aromatic heterocycles. The number of aryl methyl sites for hydroxylation is 2. The first-order valence-corrected chi connectivity index (χ1v) is 12.2. The molecule has 2 unspecified atom stereocenters. The molecular formula is C29H34F3NO2. The van der Waals surface area contributed by atoms with E-state index in [2.05, 4.69) is 45.0 Å². The Morgan fingerprint density at radius 3 is 2.31 bits per heavy atom. The van der Waals surface area contributed by atoms with Gasteiger partial charge in [0.2, 0.25) is 0 Å². The number of hydrogen-bond acceptors (Lipinski definition) is 2. The number of allylic oxidation sites excluding steroid dienone is 2. The van der Waals surface area contributed by atoms with Gasteiger partial charge in [-0.05, 0) is 86.3 Å². The van der Waals surface area contributed by atoms with Gasteiger partial charge in [-0.1, -0.05) is 49.8 Å². The summed E-state index contributed by atoms with van der Waals surface area (Å²) < 4.78 is 34.5. The maximum absolute atomic E-state index is 11.5. The number of aromatic carboxylic acids is 1. The van der Waals surface area contributed by atoms with E-state index in [0.29, 0.717) is 24.3 Å². The minimum Gasteiger partial charge on any atom is -0.478 e. The summed E-state index contributed by atoms with van der Waals surface area (Å²) in [6.45, 7) is 8.35. The first-order valence-electron chi connectivity index (χ1n) is 12.2. The average Bonchev–Trinajstić information content (AvgIpc) is 2.73. The maximum atomic E-state index is 11.5. The SMILES string of the molecule is Cc1cc(CC(C2=CCC(C)C=N2)c2cccc(C)c2C)ccc1C(=O)O.FC(F)(F)C1CCC1. The highest BCUT2D eigenvalue weighted by molar-refractivity contribution is 5.89. The van der Waals surface area contributed by atoms with Crippen LogP contribution in [-0.4, -0.2) is 23.5 Å². The summed E-state index contributed by atoms with van der Waals surface area (Å²) in [5, 5.41) is 9.28. The fourth-order valence-corrected chi connectivity index (χ4v) is 4.45. The summed E-state index contributed by atoms with van der Waals surface area (Å²) >= 11 is 0. The van der Waals surface area contributed by atoms with Gasteiger partial charge < -0.3 is 5.11 Å². The summed E-state index contributed by atoms with van der Waals surface area (Å²) in [5.41, 5.74) is 7.30. The number of hydrogen-bond donors (Lipinski definition) is 1. The van der Waals surface area contributed by atoms with Crippen LogP contribution in [0.5, 0.6) is 0 Å². The van der Waals surface area contributed by atoms with Gasteiger partial charge in [-0.3, -0.25) is 4.99 Å². The number of carboxylic acid groups (broad SMARTS) is 1. The van der Waals surface area contributed by atoms with Gasteiger partial charge in [0, 0.05) is 17.8 Å². The van der Waals surface area contributed by atoms with Gasteiger partial charge in [0.25, 0.3) is 0 Å². The van der Waals surface area contributed by atoms with E-state index >= 15 is 0 Å². The quantitative estimate of drug-likeness (QED) is 0.467. The van der Waals surface area contributed by atoms with Crippen LogP contribution in [0.1, 0.15) is 76.7 Å². The molecule has 1 heterocycles. The molecule has 6 heteroatoms. The molecule has 2 aliphatic rings. The molecule has 2 aromatic rings. The Morgan fingerprint density at radius 1 is 1.11 bits per heavy atom. The van der Waals surface area contributed by atoms with Crippen LogP contribution in [-0.2, 0) is 6.42 Å². The van der Waals surface area contributed by atoms with Crippen molar-refractivity contribution < 1.29 is 23.1 Å². The molecule has 0 saturated heterocycles. The summed E-state index contributed by atoms with van der Waals surface area (Å²) in [5.74, 6) is -1.20.